The largest absolute Gasteiger partial charge is 0.481 e. The van der Waals surface area contributed by atoms with Gasteiger partial charge in [-0.25, -0.2) is 4.98 Å². The van der Waals surface area contributed by atoms with Gasteiger partial charge < -0.3 is 15.0 Å². The van der Waals surface area contributed by atoms with Crippen molar-refractivity contribution in [2.75, 3.05) is 19.0 Å². The van der Waals surface area contributed by atoms with E-state index >= 15 is 0 Å². The van der Waals surface area contributed by atoms with E-state index in [1.165, 1.54) is 0 Å². The Morgan fingerprint density at radius 1 is 1.16 bits per heavy atom. The molecule has 1 fully saturated rings. The third kappa shape index (κ3) is 4.07. The minimum atomic E-state index is 0.259. The molecule has 1 aliphatic heterocycles. The van der Waals surface area contributed by atoms with Crippen LogP contribution < -0.4 is 10.1 Å². The highest BCUT2D eigenvalue weighted by Crippen LogP contribution is 2.22. The molecule has 0 atom stereocenters. The molecule has 2 aromatic rings. The summed E-state index contributed by atoms with van der Waals surface area (Å²) in [5.41, 5.74) is 3.22. The van der Waals surface area contributed by atoms with Crippen molar-refractivity contribution in [1.29, 1.82) is 0 Å². The molecule has 0 radical (unpaired) electrons. The van der Waals surface area contributed by atoms with E-state index in [2.05, 4.69) is 39.6 Å². The van der Waals surface area contributed by atoms with Crippen LogP contribution in [0.15, 0.2) is 24.3 Å². The fourth-order valence-corrected chi connectivity index (χ4v) is 3.01. The smallest absolute Gasteiger partial charge is 0.222 e. The molecule has 1 aromatic heterocycles. The second-order valence-electron chi connectivity index (χ2n) is 6.34. The summed E-state index contributed by atoms with van der Waals surface area (Å²) in [7, 11) is 1.61. The SMILES string of the molecule is COc1nc(C)nc(NCc2ccc(CN3CCCC3=O)cc2)c1C. The van der Waals surface area contributed by atoms with E-state index in [0.29, 0.717) is 31.2 Å². The van der Waals surface area contributed by atoms with Crippen molar-refractivity contribution in [1.82, 2.24) is 14.9 Å². The van der Waals surface area contributed by atoms with E-state index in [0.717, 1.165) is 35.5 Å². The number of likely N-dealkylation sites (tertiary alicyclic amines) is 1. The Balaban J connectivity index is 1.62. The van der Waals surface area contributed by atoms with Crippen molar-refractivity contribution >= 4 is 11.7 Å². The Morgan fingerprint density at radius 3 is 2.52 bits per heavy atom. The lowest BCUT2D eigenvalue weighted by atomic mass is 10.1. The monoisotopic (exact) mass is 340 g/mol. The number of rotatable bonds is 6. The summed E-state index contributed by atoms with van der Waals surface area (Å²) < 4.78 is 5.28. The van der Waals surface area contributed by atoms with Crippen LogP contribution >= 0.6 is 0 Å². The predicted octanol–water partition coefficient (Wildman–Crippen LogP) is 2.84. The minimum Gasteiger partial charge on any atom is -0.481 e. The number of amides is 1. The number of hydrogen-bond acceptors (Lipinski definition) is 5. The molecule has 1 saturated heterocycles. The van der Waals surface area contributed by atoms with Crippen LogP contribution in [0.3, 0.4) is 0 Å². The summed E-state index contributed by atoms with van der Waals surface area (Å²) in [5.74, 6) is 2.32. The van der Waals surface area contributed by atoms with E-state index in [-0.39, 0.29) is 5.91 Å². The molecule has 0 unspecified atom stereocenters. The van der Waals surface area contributed by atoms with Crippen molar-refractivity contribution in [2.45, 2.75) is 39.8 Å². The second-order valence-corrected chi connectivity index (χ2v) is 6.34. The Morgan fingerprint density at radius 2 is 1.88 bits per heavy atom. The molecule has 2 heterocycles. The normalized spacial score (nSPS) is 14.0. The van der Waals surface area contributed by atoms with Gasteiger partial charge in [0.05, 0.1) is 12.7 Å². The summed E-state index contributed by atoms with van der Waals surface area (Å²) in [6.45, 7) is 6.03. The van der Waals surface area contributed by atoms with Gasteiger partial charge in [-0.2, -0.15) is 4.98 Å². The van der Waals surface area contributed by atoms with Gasteiger partial charge in [0, 0.05) is 26.1 Å². The number of methoxy groups -OCH3 is 1. The maximum absolute atomic E-state index is 11.7. The van der Waals surface area contributed by atoms with Crippen LogP contribution in [0.4, 0.5) is 5.82 Å². The summed E-state index contributed by atoms with van der Waals surface area (Å²) in [6.07, 6.45) is 1.66. The first-order chi connectivity index (χ1) is 12.1. The number of benzene rings is 1. The van der Waals surface area contributed by atoms with Gasteiger partial charge in [0.15, 0.2) is 0 Å². The van der Waals surface area contributed by atoms with E-state index in [1.807, 2.05) is 18.7 Å². The van der Waals surface area contributed by atoms with Crippen molar-refractivity contribution in [3.05, 3.63) is 46.8 Å². The zero-order valence-corrected chi connectivity index (χ0v) is 15.0. The maximum Gasteiger partial charge on any atom is 0.222 e. The van der Waals surface area contributed by atoms with Crippen molar-refractivity contribution in [3.8, 4) is 5.88 Å². The first-order valence-corrected chi connectivity index (χ1v) is 8.55. The van der Waals surface area contributed by atoms with Crippen LogP contribution in [-0.4, -0.2) is 34.4 Å². The molecule has 3 rings (SSSR count). The third-order valence-electron chi connectivity index (χ3n) is 4.43. The fraction of sp³-hybridized carbons (Fsp3) is 0.421. The van der Waals surface area contributed by atoms with Crippen molar-refractivity contribution < 1.29 is 9.53 Å². The zero-order valence-electron chi connectivity index (χ0n) is 15.0. The van der Waals surface area contributed by atoms with Crippen LogP contribution in [0.2, 0.25) is 0 Å². The van der Waals surface area contributed by atoms with Crippen molar-refractivity contribution in [2.24, 2.45) is 0 Å². The van der Waals surface area contributed by atoms with Gasteiger partial charge >= 0.3 is 0 Å². The highest BCUT2D eigenvalue weighted by atomic mass is 16.5. The van der Waals surface area contributed by atoms with Gasteiger partial charge in [0.1, 0.15) is 11.6 Å². The summed E-state index contributed by atoms with van der Waals surface area (Å²) in [4.78, 5) is 22.3. The van der Waals surface area contributed by atoms with Gasteiger partial charge in [-0.1, -0.05) is 24.3 Å². The average Bonchev–Trinajstić information content (AvgIpc) is 3.01. The van der Waals surface area contributed by atoms with E-state index < -0.39 is 0 Å². The quantitative estimate of drug-likeness (QED) is 0.876. The highest BCUT2D eigenvalue weighted by molar-refractivity contribution is 5.78. The molecule has 25 heavy (non-hydrogen) atoms. The number of nitrogens with one attached hydrogen (secondary N) is 1. The van der Waals surface area contributed by atoms with Crippen LogP contribution in [0.25, 0.3) is 0 Å². The maximum atomic E-state index is 11.7. The lowest BCUT2D eigenvalue weighted by Gasteiger charge is -2.16. The first-order valence-electron chi connectivity index (χ1n) is 8.55. The first kappa shape index (κ1) is 17.2. The predicted molar refractivity (Wildman–Crippen MR) is 96.5 cm³/mol. The number of hydrogen-bond donors (Lipinski definition) is 1. The summed E-state index contributed by atoms with van der Waals surface area (Å²) >= 11 is 0. The molecule has 1 N–H and O–H groups in total. The molecule has 6 heteroatoms. The van der Waals surface area contributed by atoms with Crippen LogP contribution in [0, 0.1) is 13.8 Å². The Hall–Kier alpha value is -2.63. The summed E-state index contributed by atoms with van der Waals surface area (Å²) in [6, 6.07) is 8.34. The Kier molecular flexibility index (Phi) is 5.16. The fourth-order valence-electron chi connectivity index (χ4n) is 3.01. The molecular weight excluding hydrogens is 316 g/mol. The number of aryl methyl sites for hydroxylation is 1. The topological polar surface area (TPSA) is 67.4 Å². The van der Waals surface area contributed by atoms with E-state index in [4.69, 9.17) is 4.74 Å². The van der Waals surface area contributed by atoms with Crippen LogP contribution in [0.1, 0.15) is 35.4 Å². The zero-order chi connectivity index (χ0) is 17.8. The van der Waals surface area contributed by atoms with E-state index in [9.17, 15) is 4.79 Å². The number of carbonyl (C=O) groups excluding carboxylic acids is 1. The molecule has 6 nitrogen and oxygen atoms in total. The standard InChI is InChI=1S/C19H24N4O2/c1-13-18(21-14(2)22-19(13)25-3)20-11-15-6-8-16(9-7-15)12-23-10-4-5-17(23)24/h6-9H,4-5,10-12H2,1-3H3,(H,20,21,22). The lowest BCUT2D eigenvalue weighted by Crippen LogP contribution is -2.23. The van der Waals surface area contributed by atoms with Gasteiger partial charge in [-0.3, -0.25) is 4.79 Å². The molecule has 0 saturated carbocycles. The summed E-state index contributed by atoms with van der Waals surface area (Å²) in [5, 5.41) is 3.35. The Labute approximate surface area is 148 Å². The van der Waals surface area contributed by atoms with Gasteiger partial charge in [-0.15, -0.1) is 0 Å². The van der Waals surface area contributed by atoms with Crippen LogP contribution in [-0.2, 0) is 17.9 Å². The molecular formula is C19H24N4O2. The molecule has 0 spiro atoms. The Bertz CT molecular complexity index is 759. The second kappa shape index (κ2) is 7.51. The molecule has 0 aliphatic carbocycles. The molecule has 1 aliphatic rings. The number of carbonyl (C=O) groups is 1. The number of nitrogens with zero attached hydrogens (tertiary/aromatic N) is 3. The van der Waals surface area contributed by atoms with E-state index in [1.54, 1.807) is 7.11 Å². The van der Waals surface area contributed by atoms with Gasteiger partial charge in [-0.05, 0) is 31.4 Å². The molecule has 0 bridgehead atoms. The van der Waals surface area contributed by atoms with Gasteiger partial charge in [0.25, 0.3) is 0 Å². The molecule has 1 amide bonds. The average molecular weight is 340 g/mol. The minimum absolute atomic E-state index is 0.259. The van der Waals surface area contributed by atoms with Crippen LogP contribution in [0.5, 0.6) is 5.88 Å². The number of ether oxygens (including phenoxy) is 1. The number of anilines is 1. The molecule has 1 aromatic carbocycles. The molecule has 132 valence electrons. The highest BCUT2D eigenvalue weighted by Gasteiger charge is 2.19. The van der Waals surface area contributed by atoms with Gasteiger partial charge in [0.2, 0.25) is 11.8 Å². The van der Waals surface area contributed by atoms with Crippen molar-refractivity contribution in [3.63, 3.8) is 0 Å². The lowest BCUT2D eigenvalue weighted by molar-refractivity contribution is -0.128. The third-order valence-corrected chi connectivity index (χ3v) is 4.43. The number of aromatic nitrogens is 2.